The third-order valence-electron chi connectivity index (χ3n) is 2.18. The average molecular weight is 267 g/mol. The number of anilines is 1. The molecule has 0 saturated carbocycles. The van der Waals surface area contributed by atoms with E-state index in [1.807, 2.05) is 6.07 Å². The molecule has 0 aliphatic heterocycles. The fourth-order valence-electron chi connectivity index (χ4n) is 1.36. The second-order valence-corrected chi connectivity index (χ2v) is 4.15. The van der Waals surface area contributed by atoms with Gasteiger partial charge in [-0.2, -0.15) is 5.26 Å². The van der Waals surface area contributed by atoms with Crippen molar-refractivity contribution in [3.05, 3.63) is 51.9 Å². The fourth-order valence-corrected chi connectivity index (χ4v) is 1.77. The molecule has 0 saturated heterocycles. The van der Waals surface area contributed by atoms with E-state index in [0.717, 1.165) is 11.4 Å². The van der Waals surface area contributed by atoms with Gasteiger partial charge in [0.1, 0.15) is 5.76 Å². The van der Waals surface area contributed by atoms with Crippen LogP contribution in [0.3, 0.4) is 0 Å². The molecule has 1 aromatic heterocycles. The molecule has 1 aromatic carbocycles. The Morgan fingerprint density at radius 1 is 1.24 bits per heavy atom. The molecule has 2 aromatic rings. The van der Waals surface area contributed by atoms with Crippen LogP contribution in [0.5, 0.6) is 0 Å². The van der Waals surface area contributed by atoms with Crippen LogP contribution in [0.15, 0.2) is 34.7 Å². The monoisotopic (exact) mass is 266 g/mol. The number of nitriles is 1. The second-order valence-electron chi connectivity index (χ2n) is 3.37. The Hall–Kier alpha value is -1.63. The predicted molar refractivity (Wildman–Crippen MR) is 67.2 cm³/mol. The molecule has 0 radical (unpaired) electrons. The quantitative estimate of drug-likeness (QED) is 0.911. The molecule has 5 heteroatoms. The van der Waals surface area contributed by atoms with Gasteiger partial charge in [-0.15, -0.1) is 0 Å². The van der Waals surface area contributed by atoms with Crippen LogP contribution >= 0.6 is 23.2 Å². The molecule has 17 heavy (non-hydrogen) atoms. The predicted octanol–water partition coefficient (Wildman–Crippen LogP) is 4.07. The van der Waals surface area contributed by atoms with Crippen molar-refractivity contribution in [2.45, 2.75) is 6.54 Å². The first kappa shape index (κ1) is 11.8. The zero-order valence-electron chi connectivity index (χ0n) is 8.71. The highest BCUT2D eigenvalue weighted by Gasteiger charge is 2.03. The summed E-state index contributed by atoms with van der Waals surface area (Å²) in [5.41, 5.74) is 1.28. The molecule has 0 amide bonds. The summed E-state index contributed by atoms with van der Waals surface area (Å²) in [6, 6.07) is 10.6. The van der Waals surface area contributed by atoms with Crippen LogP contribution in [0.25, 0.3) is 0 Å². The van der Waals surface area contributed by atoms with Gasteiger partial charge in [0.05, 0.1) is 28.9 Å². The van der Waals surface area contributed by atoms with Crippen molar-refractivity contribution >= 4 is 28.9 Å². The second kappa shape index (κ2) is 5.13. The minimum atomic E-state index is 0.354. The molecule has 1 heterocycles. The summed E-state index contributed by atoms with van der Waals surface area (Å²) in [5, 5.41) is 12.7. The molecule has 0 fully saturated rings. The molecule has 0 spiro atoms. The van der Waals surface area contributed by atoms with Crippen LogP contribution in [0.4, 0.5) is 5.69 Å². The van der Waals surface area contributed by atoms with Gasteiger partial charge < -0.3 is 9.73 Å². The van der Waals surface area contributed by atoms with Crippen molar-refractivity contribution in [1.82, 2.24) is 0 Å². The molecular formula is C12H8Cl2N2O. The SMILES string of the molecule is N#Cc1ccc(NCc2ccc(Cl)o2)c(Cl)c1. The van der Waals surface area contributed by atoms with Gasteiger partial charge >= 0.3 is 0 Å². The number of rotatable bonds is 3. The minimum Gasteiger partial charge on any atom is -0.448 e. The van der Waals surface area contributed by atoms with Crippen LogP contribution in [-0.2, 0) is 6.54 Å². The summed E-state index contributed by atoms with van der Waals surface area (Å²) in [4.78, 5) is 0. The van der Waals surface area contributed by atoms with E-state index in [2.05, 4.69) is 5.32 Å². The highest BCUT2D eigenvalue weighted by molar-refractivity contribution is 6.33. The van der Waals surface area contributed by atoms with E-state index in [1.165, 1.54) is 0 Å². The van der Waals surface area contributed by atoms with Gasteiger partial charge in [0.15, 0.2) is 5.22 Å². The Kier molecular flexibility index (Phi) is 3.58. The van der Waals surface area contributed by atoms with Crippen molar-refractivity contribution in [1.29, 1.82) is 5.26 Å². The Morgan fingerprint density at radius 3 is 2.65 bits per heavy atom. The highest BCUT2D eigenvalue weighted by atomic mass is 35.5. The van der Waals surface area contributed by atoms with Gasteiger partial charge in [-0.25, -0.2) is 0 Å². The van der Waals surface area contributed by atoms with Gasteiger partial charge in [-0.3, -0.25) is 0 Å². The molecule has 0 unspecified atom stereocenters. The summed E-state index contributed by atoms with van der Waals surface area (Å²) >= 11 is 11.7. The number of hydrogen-bond donors (Lipinski definition) is 1. The Labute approximate surface area is 109 Å². The summed E-state index contributed by atoms with van der Waals surface area (Å²) < 4.78 is 5.20. The molecule has 0 atom stereocenters. The molecule has 3 nitrogen and oxygen atoms in total. The van der Waals surface area contributed by atoms with Gasteiger partial charge in [-0.1, -0.05) is 11.6 Å². The Bertz CT molecular complexity index is 572. The first-order valence-corrected chi connectivity index (χ1v) is 5.62. The van der Waals surface area contributed by atoms with Crippen molar-refractivity contribution in [3.8, 4) is 6.07 Å². The number of nitrogens with one attached hydrogen (secondary N) is 1. The van der Waals surface area contributed by atoms with Gasteiger partial charge in [0.2, 0.25) is 0 Å². The zero-order valence-corrected chi connectivity index (χ0v) is 10.2. The number of halogens is 2. The van der Waals surface area contributed by atoms with Crippen LogP contribution in [0.1, 0.15) is 11.3 Å². The molecule has 86 valence electrons. The summed E-state index contributed by atoms with van der Waals surface area (Å²) in [7, 11) is 0. The van der Waals surface area contributed by atoms with Crippen molar-refractivity contribution in [2.75, 3.05) is 5.32 Å². The normalized spacial score (nSPS) is 9.94. The van der Waals surface area contributed by atoms with Crippen LogP contribution in [0.2, 0.25) is 10.2 Å². The van der Waals surface area contributed by atoms with Crippen molar-refractivity contribution in [3.63, 3.8) is 0 Å². The van der Waals surface area contributed by atoms with E-state index >= 15 is 0 Å². The average Bonchev–Trinajstić information content (AvgIpc) is 2.73. The van der Waals surface area contributed by atoms with Crippen LogP contribution in [-0.4, -0.2) is 0 Å². The third kappa shape index (κ3) is 2.94. The lowest BCUT2D eigenvalue weighted by Gasteiger charge is -2.06. The van der Waals surface area contributed by atoms with E-state index in [9.17, 15) is 0 Å². The van der Waals surface area contributed by atoms with Gasteiger partial charge in [-0.05, 0) is 41.9 Å². The topological polar surface area (TPSA) is 49.0 Å². The maximum atomic E-state index is 8.70. The van der Waals surface area contributed by atoms with Crippen LogP contribution in [0, 0.1) is 11.3 Å². The summed E-state index contributed by atoms with van der Waals surface area (Å²) in [6.45, 7) is 0.484. The first-order valence-electron chi connectivity index (χ1n) is 4.87. The molecular weight excluding hydrogens is 259 g/mol. The maximum absolute atomic E-state index is 8.70. The van der Waals surface area contributed by atoms with Gasteiger partial charge in [0, 0.05) is 0 Å². The zero-order chi connectivity index (χ0) is 12.3. The Morgan fingerprint density at radius 2 is 2.06 bits per heavy atom. The van der Waals surface area contributed by atoms with E-state index in [-0.39, 0.29) is 0 Å². The molecule has 0 aliphatic rings. The van der Waals surface area contributed by atoms with Crippen molar-refractivity contribution in [2.24, 2.45) is 0 Å². The molecule has 0 bridgehead atoms. The lowest BCUT2D eigenvalue weighted by Crippen LogP contribution is -1.98. The van der Waals surface area contributed by atoms with Gasteiger partial charge in [0.25, 0.3) is 0 Å². The third-order valence-corrected chi connectivity index (χ3v) is 2.70. The minimum absolute atomic E-state index is 0.354. The summed E-state index contributed by atoms with van der Waals surface area (Å²) in [6.07, 6.45) is 0. The van der Waals surface area contributed by atoms with E-state index in [4.69, 9.17) is 32.9 Å². The van der Waals surface area contributed by atoms with E-state index < -0.39 is 0 Å². The lowest BCUT2D eigenvalue weighted by molar-refractivity contribution is 0.520. The van der Waals surface area contributed by atoms with E-state index in [1.54, 1.807) is 30.3 Å². The number of nitrogens with zero attached hydrogens (tertiary/aromatic N) is 1. The molecule has 2 rings (SSSR count). The van der Waals surface area contributed by atoms with Crippen molar-refractivity contribution < 1.29 is 4.42 Å². The number of benzene rings is 1. The maximum Gasteiger partial charge on any atom is 0.193 e. The summed E-state index contributed by atoms with van der Waals surface area (Å²) in [5.74, 6) is 0.718. The van der Waals surface area contributed by atoms with Crippen LogP contribution < -0.4 is 5.32 Å². The Balaban J connectivity index is 2.07. The fraction of sp³-hybridized carbons (Fsp3) is 0.0833. The smallest absolute Gasteiger partial charge is 0.193 e. The number of furan rings is 1. The standard InChI is InChI=1S/C12H8Cl2N2O/c13-10-5-8(6-15)1-3-11(10)16-7-9-2-4-12(14)17-9/h1-5,16H,7H2. The molecule has 0 aliphatic carbocycles. The van der Waals surface area contributed by atoms with E-state index in [0.29, 0.717) is 22.4 Å². The highest BCUT2D eigenvalue weighted by Crippen LogP contribution is 2.23. The number of hydrogen-bond acceptors (Lipinski definition) is 3. The molecule has 1 N–H and O–H groups in total. The first-order chi connectivity index (χ1) is 8.19. The lowest BCUT2D eigenvalue weighted by atomic mass is 10.2. The largest absolute Gasteiger partial charge is 0.448 e.